The number of methoxy groups -OCH3 is 1. The van der Waals surface area contributed by atoms with Crippen molar-refractivity contribution in [2.75, 3.05) is 26.7 Å². The quantitative estimate of drug-likeness (QED) is 0.514. The van der Waals surface area contributed by atoms with Gasteiger partial charge >= 0.3 is 12.1 Å². The first kappa shape index (κ1) is 31.5. The molecule has 1 N–H and O–H groups in total. The highest BCUT2D eigenvalue weighted by atomic mass is 32.1. The Morgan fingerprint density at radius 3 is 2.27 bits per heavy atom. The molecular formula is C30H43N3O6S. The molecule has 4 rings (SSSR count). The minimum atomic E-state index is -0.496. The molecule has 9 nitrogen and oxygen atoms in total. The van der Waals surface area contributed by atoms with E-state index in [0.29, 0.717) is 26.1 Å². The van der Waals surface area contributed by atoms with Crippen LogP contribution >= 0.6 is 11.3 Å². The number of aromatic nitrogens is 1. The van der Waals surface area contributed by atoms with Crippen molar-refractivity contribution in [1.29, 1.82) is 0 Å². The summed E-state index contributed by atoms with van der Waals surface area (Å²) >= 11 is 1.63. The van der Waals surface area contributed by atoms with Crippen LogP contribution in [-0.4, -0.2) is 76.2 Å². The van der Waals surface area contributed by atoms with Crippen LogP contribution in [0.5, 0.6) is 0 Å². The van der Waals surface area contributed by atoms with Gasteiger partial charge in [-0.2, -0.15) is 0 Å². The number of benzene rings is 1. The number of esters is 1. The number of carbonyl (C=O) groups excluding carboxylic acids is 3. The van der Waals surface area contributed by atoms with E-state index in [0.717, 1.165) is 40.4 Å². The van der Waals surface area contributed by atoms with Gasteiger partial charge < -0.3 is 24.4 Å². The van der Waals surface area contributed by atoms with E-state index in [1.54, 1.807) is 21.1 Å². The zero-order valence-electron chi connectivity index (χ0n) is 24.6. The summed E-state index contributed by atoms with van der Waals surface area (Å²) in [5.74, 6) is -0.147. The summed E-state index contributed by atoms with van der Waals surface area (Å²) in [7, 11) is 1.36. The number of amides is 2. The number of carbonyl (C=O) groups is 3. The van der Waals surface area contributed by atoms with E-state index < -0.39 is 11.6 Å². The summed E-state index contributed by atoms with van der Waals surface area (Å²) in [4.78, 5) is 46.3. The van der Waals surface area contributed by atoms with Crippen molar-refractivity contribution in [3.8, 4) is 0 Å². The Morgan fingerprint density at radius 2 is 1.70 bits per heavy atom. The van der Waals surface area contributed by atoms with Gasteiger partial charge in [-0.25, -0.2) is 14.6 Å². The maximum absolute atomic E-state index is 12.8. The number of thiazole rings is 1. The molecule has 1 aromatic heterocycles. The largest absolute Gasteiger partial charge is 0.467 e. The third-order valence-electron chi connectivity index (χ3n) is 7.07. The molecule has 1 aromatic carbocycles. The van der Waals surface area contributed by atoms with Crippen LogP contribution in [0.1, 0.15) is 79.1 Å². The van der Waals surface area contributed by atoms with Gasteiger partial charge in [-0.1, -0.05) is 29.8 Å². The molecule has 0 radical (unpaired) electrons. The van der Waals surface area contributed by atoms with Crippen LogP contribution in [0, 0.1) is 13.8 Å². The molecule has 10 heteroatoms. The van der Waals surface area contributed by atoms with Gasteiger partial charge in [-0.05, 0) is 65.9 Å². The number of piperidine rings is 1. The summed E-state index contributed by atoms with van der Waals surface area (Å²) in [5.41, 5.74) is 2.49. The lowest BCUT2D eigenvalue weighted by molar-refractivity contribution is -0.150. The molecule has 2 amide bonds. The molecule has 0 saturated carbocycles. The van der Waals surface area contributed by atoms with Gasteiger partial charge in [-0.15, -0.1) is 11.3 Å². The smallest absolute Gasteiger partial charge is 0.410 e. The van der Waals surface area contributed by atoms with E-state index in [4.69, 9.17) is 19.6 Å². The molecule has 1 unspecified atom stereocenters. The molecule has 220 valence electrons. The Kier molecular flexibility index (Phi) is 11.1. The maximum Gasteiger partial charge on any atom is 0.410 e. The molecule has 0 spiro atoms. The van der Waals surface area contributed by atoms with E-state index in [2.05, 4.69) is 0 Å². The molecule has 0 aliphatic carbocycles. The Bertz CT molecular complexity index is 1150. The monoisotopic (exact) mass is 573 g/mol. The highest BCUT2D eigenvalue weighted by molar-refractivity contribution is 7.11. The first-order valence-corrected chi connectivity index (χ1v) is 14.7. The van der Waals surface area contributed by atoms with Crippen LogP contribution in [0.25, 0.3) is 0 Å². The molecular weight excluding hydrogens is 530 g/mol. The second-order valence-electron chi connectivity index (χ2n) is 11.4. The number of hydrogen-bond acceptors (Lipinski definition) is 8. The molecule has 1 atom stereocenters. The van der Waals surface area contributed by atoms with Gasteiger partial charge in [0.2, 0.25) is 5.91 Å². The van der Waals surface area contributed by atoms with E-state index in [9.17, 15) is 14.4 Å². The second-order valence-corrected chi connectivity index (χ2v) is 12.6. The highest BCUT2D eigenvalue weighted by Crippen LogP contribution is 2.33. The van der Waals surface area contributed by atoms with Crippen molar-refractivity contribution >= 4 is 29.3 Å². The fourth-order valence-electron chi connectivity index (χ4n) is 4.81. The molecule has 3 heterocycles. The van der Waals surface area contributed by atoms with Gasteiger partial charge in [0, 0.05) is 30.4 Å². The van der Waals surface area contributed by atoms with Crippen LogP contribution < -0.4 is 0 Å². The maximum atomic E-state index is 12.8. The van der Waals surface area contributed by atoms with Crippen LogP contribution in [-0.2, 0) is 32.1 Å². The fraction of sp³-hybridized carbons (Fsp3) is 0.600. The van der Waals surface area contributed by atoms with Crippen LogP contribution in [0.4, 0.5) is 4.79 Å². The molecule has 2 saturated heterocycles. The zero-order valence-corrected chi connectivity index (χ0v) is 25.4. The van der Waals surface area contributed by atoms with E-state index in [1.807, 2.05) is 58.9 Å². The fourth-order valence-corrected chi connectivity index (χ4v) is 5.92. The number of rotatable bonds is 5. The molecule has 2 aliphatic rings. The normalized spacial score (nSPS) is 17.7. The lowest BCUT2D eigenvalue weighted by atomic mass is 9.98. The summed E-state index contributed by atoms with van der Waals surface area (Å²) in [6, 6.07) is 7.36. The molecule has 40 heavy (non-hydrogen) atoms. The lowest BCUT2D eigenvalue weighted by Crippen LogP contribution is -2.42. The first-order valence-electron chi connectivity index (χ1n) is 13.9. The molecule has 2 aromatic rings. The summed E-state index contributed by atoms with van der Waals surface area (Å²) < 4.78 is 10.3. The number of likely N-dealkylation sites (tertiary alicyclic amines) is 2. The van der Waals surface area contributed by atoms with Crippen LogP contribution in [0.2, 0.25) is 0 Å². The minimum Gasteiger partial charge on any atom is -0.467 e. The number of hydrogen-bond donors (Lipinski definition) is 1. The molecule has 2 fully saturated rings. The summed E-state index contributed by atoms with van der Waals surface area (Å²) in [5, 5.41) is 9.65. The third-order valence-corrected chi connectivity index (χ3v) is 8.25. The number of ether oxygens (including phenoxy) is 2. The van der Waals surface area contributed by atoms with Gasteiger partial charge in [-0.3, -0.25) is 4.79 Å². The highest BCUT2D eigenvalue weighted by Gasteiger charge is 2.35. The number of aliphatic hydroxyl groups excluding tert-OH is 1. The predicted octanol–water partition coefficient (Wildman–Crippen LogP) is 4.76. The van der Waals surface area contributed by atoms with Gasteiger partial charge in [0.1, 0.15) is 11.6 Å². The van der Waals surface area contributed by atoms with Gasteiger partial charge in [0.25, 0.3) is 0 Å². The van der Waals surface area contributed by atoms with E-state index in [1.165, 1.54) is 12.7 Å². The van der Waals surface area contributed by atoms with E-state index in [-0.39, 0.29) is 36.9 Å². The predicted molar refractivity (Wildman–Crippen MR) is 154 cm³/mol. The molecule has 2 aliphatic heterocycles. The minimum absolute atomic E-state index is 0.0763. The SMILES string of the molecule is COC(=O)C1CCCN1C(=O)Cc1nc(C2CCN(C(=O)OC(C)(C)C)CC2)sc1C.Cc1ccc(CO)cc1. The van der Waals surface area contributed by atoms with Crippen molar-refractivity contribution in [2.45, 2.75) is 90.9 Å². The van der Waals surface area contributed by atoms with Crippen LogP contribution in [0.15, 0.2) is 24.3 Å². The van der Waals surface area contributed by atoms with Crippen molar-refractivity contribution in [2.24, 2.45) is 0 Å². The van der Waals surface area contributed by atoms with Gasteiger partial charge in [0.05, 0.1) is 30.8 Å². The topological polar surface area (TPSA) is 109 Å². The van der Waals surface area contributed by atoms with Crippen molar-refractivity contribution in [3.63, 3.8) is 0 Å². The average Bonchev–Trinajstić information content (AvgIpc) is 3.55. The zero-order chi connectivity index (χ0) is 29.4. The standard InChI is InChI=1S/C22H33N3O5S.C8H10O/c1-14-16(13-18(26)25-10-6-7-17(25)20(27)29-5)23-19(31-14)15-8-11-24(12-9-15)21(28)30-22(2,3)4;1-7-2-4-8(6-9)5-3-7/h15,17H,6-13H2,1-5H3;2-5,9H,6H2,1H3. The Labute approximate surface area is 241 Å². The number of aryl methyl sites for hydroxylation is 2. The van der Waals surface area contributed by atoms with Crippen molar-refractivity contribution < 1.29 is 29.0 Å². The van der Waals surface area contributed by atoms with Crippen LogP contribution in [0.3, 0.4) is 0 Å². The summed E-state index contributed by atoms with van der Waals surface area (Å²) in [6.45, 7) is 11.6. The first-order chi connectivity index (χ1) is 18.9. The van der Waals surface area contributed by atoms with Crippen molar-refractivity contribution in [1.82, 2.24) is 14.8 Å². The Morgan fingerprint density at radius 1 is 1.05 bits per heavy atom. The number of nitrogens with zero attached hydrogens (tertiary/aromatic N) is 3. The third kappa shape index (κ3) is 8.76. The Hall–Kier alpha value is -2.98. The lowest BCUT2D eigenvalue weighted by Gasteiger charge is -2.32. The van der Waals surface area contributed by atoms with Gasteiger partial charge in [0.15, 0.2) is 0 Å². The Balaban J connectivity index is 0.000000415. The number of aliphatic hydroxyl groups is 1. The van der Waals surface area contributed by atoms with Crippen molar-refractivity contribution in [3.05, 3.63) is 51.0 Å². The summed E-state index contributed by atoms with van der Waals surface area (Å²) in [6.07, 6.45) is 3.05. The average molecular weight is 574 g/mol. The second kappa shape index (κ2) is 14.1. The van der Waals surface area contributed by atoms with E-state index >= 15 is 0 Å². The molecule has 0 bridgehead atoms.